The summed E-state index contributed by atoms with van der Waals surface area (Å²) in [5.41, 5.74) is 3.48. The summed E-state index contributed by atoms with van der Waals surface area (Å²) >= 11 is 0. The van der Waals surface area contributed by atoms with Crippen molar-refractivity contribution >= 4 is 11.8 Å². The van der Waals surface area contributed by atoms with Crippen LogP contribution in [0.1, 0.15) is 44.3 Å². The molecule has 1 atom stereocenters. The number of amides is 2. The van der Waals surface area contributed by atoms with Crippen LogP contribution in [0.15, 0.2) is 103 Å². The van der Waals surface area contributed by atoms with Crippen LogP contribution >= 0.6 is 0 Å². The average molecular weight is 508 g/mol. The first kappa shape index (κ1) is 25.2. The highest BCUT2D eigenvalue weighted by atomic mass is 16.5. The molecule has 4 aromatic rings. The van der Waals surface area contributed by atoms with Gasteiger partial charge in [0.2, 0.25) is 0 Å². The molecule has 6 nitrogen and oxygen atoms in total. The van der Waals surface area contributed by atoms with Crippen LogP contribution in [0, 0.1) is 0 Å². The summed E-state index contributed by atoms with van der Waals surface area (Å²) < 4.78 is 18.1. The van der Waals surface area contributed by atoms with Crippen LogP contribution in [0.25, 0.3) is 0 Å². The molecule has 1 aliphatic rings. The van der Waals surface area contributed by atoms with Crippen molar-refractivity contribution in [1.82, 2.24) is 4.90 Å². The van der Waals surface area contributed by atoms with Gasteiger partial charge in [0.05, 0.1) is 30.4 Å². The number of hydrogen-bond acceptors (Lipinski definition) is 5. The zero-order chi connectivity index (χ0) is 26.3. The van der Waals surface area contributed by atoms with Gasteiger partial charge >= 0.3 is 0 Å². The maximum atomic E-state index is 13.7. The third kappa shape index (κ3) is 5.61. The van der Waals surface area contributed by atoms with E-state index in [1.165, 1.54) is 4.90 Å². The SMILES string of the molecule is C[C@H](COCc1ccccc1)N1C(=O)c2ccc(OCc3ccccc3)c(OCc3ccccc3)c2C1=O. The van der Waals surface area contributed by atoms with Crippen molar-refractivity contribution in [2.75, 3.05) is 6.61 Å². The first-order chi connectivity index (χ1) is 18.6. The van der Waals surface area contributed by atoms with Gasteiger partial charge in [0.1, 0.15) is 13.2 Å². The summed E-state index contributed by atoms with van der Waals surface area (Å²) in [6.07, 6.45) is 0. The van der Waals surface area contributed by atoms with Gasteiger partial charge in [-0.2, -0.15) is 0 Å². The van der Waals surface area contributed by atoms with Gasteiger partial charge in [-0.25, -0.2) is 0 Å². The van der Waals surface area contributed by atoms with Gasteiger partial charge in [0.25, 0.3) is 11.8 Å². The molecule has 6 heteroatoms. The minimum Gasteiger partial charge on any atom is -0.485 e. The molecule has 0 saturated carbocycles. The molecule has 0 spiro atoms. The van der Waals surface area contributed by atoms with Crippen molar-refractivity contribution in [1.29, 1.82) is 0 Å². The lowest BCUT2D eigenvalue weighted by Gasteiger charge is -2.22. The minimum absolute atomic E-state index is 0.220. The lowest BCUT2D eigenvalue weighted by Crippen LogP contribution is -2.40. The summed E-state index contributed by atoms with van der Waals surface area (Å²) in [5, 5.41) is 0. The number of fused-ring (bicyclic) bond motifs is 1. The zero-order valence-electron chi connectivity index (χ0n) is 21.2. The van der Waals surface area contributed by atoms with Gasteiger partial charge in [-0.1, -0.05) is 91.0 Å². The predicted molar refractivity (Wildman–Crippen MR) is 144 cm³/mol. The molecule has 0 aromatic heterocycles. The molecule has 192 valence electrons. The molecular weight excluding hydrogens is 478 g/mol. The Bertz CT molecular complexity index is 1390. The molecule has 1 heterocycles. The molecule has 0 bridgehead atoms. The second kappa shape index (κ2) is 11.8. The van der Waals surface area contributed by atoms with Crippen molar-refractivity contribution in [2.24, 2.45) is 0 Å². The standard InChI is InChI=1S/C32H29NO5/c1-23(19-36-20-24-11-5-2-6-12-24)33-31(34)27-17-18-28(37-21-25-13-7-3-8-14-25)30(29(27)32(33)35)38-22-26-15-9-4-10-16-26/h2-18,23H,19-22H2,1H3/t23-/m1/s1. The van der Waals surface area contributed by atoms with Crippen LogP contribution < -0.4 is 9.47 Å². The number of hydrogen-bond donors (Lipinski definition) is 0. The Hall–Kier alpha value is -4.42. The van der Waals surface area contributed by atoms with Gasteiger partial charge in [0.15, 0.2) is 11.5 Å². The molecule has 0 unspecified atom stereocenters. The number of carbonyl (C=O) groups is 2. The van der Waals surface area contributed by atoms with E-state index in [9.17, 15) is 9.59 Å². The van der Waals surface area contributed by atoms with E-state index in [1.54, 1.807) is 12.1 Å². The van der Waals surface area contributed by atoms with Crippen LogP contribution in [0.3, 0.4) is 0 Å². The quantitative estimate of drug-likeness (QED) is 0.231. The van der Waals surface area contributed by atoms with E-state index in [0.29, 0.717) is 24.5 Å². The molecule has 1 aliphatic heterocycles. The first-order valence-electron chi connectivity index (χ1n) is 12.6. The van der Waals surface area contributed by atoms with E-state index < -0.39 is 11.9 Å². The van der Waals surface area contributed by atoms with Gasteiger partial charge in [-0.05, 0) is 35.7 Å². The number of benzene rings is 4. The minimum atomic E-state index is -0.457. The monoisotopic (exact) mass is 507 g/mol. The Kier molecular flexibility index (Phi) is 7.81. The fourth-order valence-electron chi connectivity index (χ4n) is 4.41. The number of imide groups is 1. The highest BCUT2D eigenvalue weighted by Crippen LogP contribution is 2.40. The number of carbonyl (C=O) groups excluding carboxylic acids is 2. The topological polar surface area (TPSA) is 65.1 Å². The Morgan fingerprint density at radius 3 is 1.74 bits per heavy atom. The maximum absolute atomic E-state index is 13.7. The van der Waals surface area contributed by atoms with Crippen LogP contribution in [0.2, 0.25) is 0 Å². The number of nitrogens with zero attached hydrogens (tertiary/aromatic N) is 1. The highest BCUT2D eigenvalue weighted by molar-refractivity contribution is 6.23. The van der Waals surface area contributed by atoms with E-state index in [1.807, 2.05) is 97.9 Å². The van der Waals surface area contributed by atoms with E-state index in [4.69, 9.17) is 14.2 Å². The fourth-order valence-corrected chi connectivity index (χ4v) is 4.41. The predicted octanol–water partition coefficient (Wildman–Crippen LogP) is 6.05. The lowest BCUT2D eigenvalue weighted by atomic mass is 10.1. The highest BCUT2D eigenvalue weighted by Gasteiger charge is 2.42. The molecule has 0 radical (unpaired) electrons. The van der Waals surface area contributed by atoms with E-state index in [-0.39, 0.29) is 30.4 Å². The lowest BCUT2D eigenvalue weighted by molar-refractivity contribution is 0.0396. The third-order valence-electron chi connectivity index (χ3n) is 6.38. The molecule has 0 saturated heterocycles. The van der Waals surface area contributed by atoms with Crippen LogP contribution in [0.4, 0.5) is 0 Å². The smallest absolute Gasteiger partial charge is 0.265 e. The summed E-state index contributed by atoms with van der Waals surface area (Å²) in [7, 11) is 0. The van der Waals surface area contributed by atoms with Crippen molar-refractivity contribution in [3.05, 3.63) is 131 Å². The molecular formula is C32H29NO5. The first-order valence-corrected chi connectivity index (χ1v) is 12.6. The second-order valence-electron chi connectivity index (χ2n) is 9.19. The average Bonchev–Trinajstić information content (AvgIpc) is 3.22. The molecule has 4 aromatic carbocycles. The van der Waals surface area contributed by atoms with Crippen LogP contribution in [0.5, 0.6) is 11.5 Å². The molecule has 5 rings (SSSR count). The molecule has 2 amide bonds. The Morgan fingerprint density at radius 2 is 1.16 bits per heavy atom. The molecule has 0 N–H and O–H groups in total. The van der Waals surface area contributed by atoms with Gasteiger partial charge in [-0.3, -0.25) is 14.5 Å². The summed E-state index contributed by atoms with van der Waals surface area (Å²) in [6, 6.07) is 32.1. The Balaban J connectivity index is 1.37. The van der Waals surface area contributed by atoms with E-state index >= 15 is 0 Å². The van der Waals surface area contributed by atoms with Gasteiger partial charge in [0, 0.05) is 0 Å². The third-order valence-corrected chi connectivity index (χ3v) is 6.38. The van der Waals surface area contributed by atoms with Crippen LogP contribution in [-0.4, -0.2) is 29.4 Å². The van der Waals surface area contributed by atoms with Gasteiger partial charge < -0.3 is 14.2 Å². The number of ether oxygens (including phenoxy) is 3. The summed E-state index contributed by atoms with van der Waals surface area (Å²) in [4.78, 5) is 28.3. The zero-order valence-corrected chi connectivity index (χ0v) is 21.2. The van der Waals surface area contributed by atoms with Gasteiger partial charge in [-0.15, -0.1) is 0 Å². The van der Waals surface area contributed by atoms with Crippen molar-refractivity contribution < 1.29 is 23.8 Å². The van der Waals surface area contributed by atoms with Crippen molar-refractivity contribution in [3.63, 3.8) is 0 Å². The molecule has 38 heavy (non-hydrogen) atoms. The Morgan fingerprint density at radius 1 is 0.632 bits per heavy atom. The van der Waals surface area contributed by atoms with E-state index in [2.05, 4.69) is 0 Å². The molecule has 0 fully saturated rings. The Labute approximate surface area is 222 Å². The maximum Gasteiger partial charge on any atom is 0.265 e. The number of rotatable bonds is 11. The van der Waals surface area contributed by atoms with Crippen LogP contribution in [-0.2, 0) is 24.6 Å². The molecule has 0 aliphatic carbocycles. The largest absolute Gasteiger partial charge is 0.485 e. The summed E-state index contributed by atoms with van der Waals surface area (Å²) in [5.74, 6) is -0.0749. The second-order valence-corrected chi connectivity index (χ2v) is 9.19. The normalized spacial score (nSPS) is 13.3. The summed E-state index contributed by atoms with van der Waals surface area (Å²) in [6.45, 7) is 2.96. The van der Waals surface area contributed by atoms with E-state index in [0.717, 1.165) is 16.7 Å². The van der Waals surface area contributed by atoms with Crippen molar-refractivity contribution in [3.8, 4) is 11.5 Å². The van der Waals surface area contributed by atoms with Crippen molar-refractivity contribution in [2.45, 2.75) is 32.8 Å². The fraction of sp³-hybridized carbons (Fsp3) is 0.188.